The summed E-state index contributed by atoms with van der Waals surface area (Å²) in [6.07, 6.45) is 0. The summed E-state index contributed by atoms with van der Waals surface area (Å²) in [5, 5.41) is 2.88. The summed E-state index contributed by atoms with van der Waals surface area (Å²) in [7, 11) is 0. The third-order valence-electron chi connectivity index (χ3n) is 3.73. The van der Waals surface area contributed by atoms with E-state index in [0.29, 0.717) is 18.7 Å². The van der Waals surface area contributed by atoms with Crippen LogP contribution >= 0.6 is 0 Å². The quantitative estimate of drug-likeness (QED) is 0.745. The third kappa shape index (κ3) is 1.81. The number of amides is 1. The van der Waals surface area contributed by atoms with Gasteiger partial charge in [0, 0.05) is 18.7 Å². The summed E-state index contributed by atoms with van der Waals surface area (Å²) in [4.78, 5) is 16.7. The molecule has 0 radical (unpaired) electrons. The molecule has 0 atom stereocenters. The normalized spacial score (nSPS) is 14.0. The van der Waals surface area contributed by atoms with Crippen molar-refractivity contribution in [3.05, 3.63) is 53.8 Å². The molecule has 104 valence electrons. The minimum Gasteiger partial charge on any atom is -0.350 e. The van der Waals surface area contributed by atoms with E-state index in [1.54, 1.807) is 18.2 Å². The first-order chi connectivity index (χ1) is 10.2. The van der Waals surface area contributed by atoms with Crippen LogP contribution in [0.5, 0.6) is 0 Å². The standard InChI is InChI=1S/C16H12FN3O/c17-11-6-4-10(5-7-11)15-19-13-3-1-2-12-14(13)20(15)9-8-18-16(12)21/h1-7H,8-9H2,(H,18,21). The van der Waals surface area contributed by atoms with E-state index in [0.717, 1.165) is 22.4 Å². The second kappa shape index (κ2) is 4.41. The molecule has 0 saturated heterocycles. The van der Waals surface area contributed by atoms with Crippen molar-refractivity contribution in [2.75, 3.05) is 6.54 Å². The number of hydrogen-bond acceptors (Lipinski definition) is 2. The number of halogens is 1. The van der Waals surface area contributed by atoms with Gasteiger partial charge in [0.2, 0.25) is 0 Å². The van der Waals surface area contributed by atoms with E-state index in [-0.39, 0.29) is 11.7 Å². The fraction of sp³-hybridized carbons (Fsp3) is 0.125. The molecule has 2 aromatic carbocycles. The molecule has 1 aromatic heterocycles. The minimum atomic E-state index is -0.275. The van der Waals surface area contributed by atoms with Gasteiger partial charge < -0.3 is 9.88 Å². The second-order valence-corrected chi connectivity index (χ2v) is 5.02. The van der Waals surface area contributed by atoms with Crippen LogP contribution in [-0.2, 0) is 6.54 Å². The fourth-order valence-corrected chi connectivity index (χ4v) is 2.78. The van der Waals surface area contributed by atoms with Gasteiger partial charge in [0.25, 0.3) is 5.91 Å². The van der Waals surface area contributed by atoms with Crippen LogP contribution < -0.4 is 5.32 Å². The molecule has 1 aliphatic heterocycles. The number of carbonyl (C=O) groups is 1. The van der Waals surface area contributed by atoms with Gasteiger partial charge in [-0.2, -0.15) is 0 Å². The van der Waals surface area contributed by atoms with Crippen LogP contribution in [0.4, 0.5) is 4.39 Å². The van der Waals surface area contributed by atoms with Crippen molar-refractivity contribution in [1.82, 2.24) is 14.9 Å². The largest absolute Gasteiger partial charge is 0.350 e. The van der Waals surface area contributed by atoms with E-state index >= 15 is 0 Å². The zero-order chi connectivity index (χ0) is 14.4. The maximum absolute atomic E-state index is 13.1. The summed E-state index contributed by atoms with van der Waals surface area (Å²) in [5.41, 5.74) is 3.09. The molecular formula is C16H12FN3O. The Morgan fingerprint density at radius 3 is 2.76 bits per heavy atom. The number of nitrogens with one attached hydrogen (secondary N) is 1. The Morgan fingerprint density at radius 1 is 1.14 bits per heavy atom. The van der Waals surface area contributed by atoms with Crippen molar-refractivity contribution in [3.8, 4) is 11.4 Å². The number of hydrogen-bond donors (Lipinski definition) is 1. The molecule has 21 heavy (non-hydrogen) atoms. The summed E-state index contributed by atoms with van der Waals surface area (Å²) >= 11 is 0. The lowest BCUT2D eigenvalue weighted by molar-refractivity contribution is 0.0956. The predicted molar refractivity (Wildman–Crippen MR) is 77.5 cm³/mol. The Hall–Kier alpha value is -2.69. The third-order valence-corrected chi connectivity index (χ3v) is 3.73. The molecule has 4 nitrogen and oxygen atoms in total. The van der Waals surface area contributed by atoms with Gasteiger partial charge in [-0.3, -0.25) is 4.79 Å². The van der Waals surface area contributed by atoms with Crippen molar-refractivity contribution >= 4 is 16.9 Å². The number of rotatable bonds is 1. The maximum atomic E-state index is 13.1. The molecular weight excluding hydrogens is 269 g/mol. The van der Waals surface area contributed by atoms with Crippen LogP contribution in [0.1, 0.15) is 10.4 Å². The molecule has 5 heteroatoms. The number of imidazole rings is 1. The zero-order valence-corrected chi connectivity index (χ0v) is 11.1. The van der Waals surface area contributed by atoms with Gasteiger partial charge in [-0.15, -0.1) is 0 Å². The first-order valence-electron chi connectivity index (χ1n) is 6.77. The molecule has 0 bridgehead atoms. The van der Waals surface area contributed by atoms with Gasteiger partial charge in [0.05, 0.1) is 16.6 Å². The highest BCUT2D eigenvalue weighted by atomic mass is 19.1. The van der Waals surface area contributed by atoms with E-state index in [1.165, 1.54) is 12.1 Å². The Kier molecular flexibility index (Phi) is 2.54. The molecule has 3 aromatic rings. The fourth-order valence-electron chi connectivity index (χ4n) is 2.78. The number of nitrogens with zero attached hydrogens (tertiary/aromatic N) is 2. The van der Waals surface area contributed by atoms with E-state index in [1.807, 2.05) is 16.7 Å². The van der Waals surface area contributed by atoms with Crippen LogP contribution in [0.15, 0.2) is 42.5 Å². The number of carbonyl (C=O) groups excluding carboxylic acids is 1. The van der Waals surface area contributed by atoms with Gasteiger partial charge in [-0.1, -0.05) is 6.07 Å². The lowest BCUT2D eigenvalue weighted by Gasteiger charge is -2.07. The van der Waals surface area contributed by atoms with Crippen LogP contribution in [0.2, 0.25) is 0 Å². The number of benzene rings is 2. The number of aromatic nitrogens is 2. The zero-order valence-electron chi connectivity index (χ0n) is 11.1. The molecule has 0 fully saturated rings. The highest BCUT2D eigenvalue weighted by Crippen LogP contribution is 2.28. The van der Waals surface area contributed by atoms with Gasteiger partial charge >= 0.3 is 0 Å². The molecule has 0 spiro atoms. The van der Waals surface area contributed by atoms with E-state index in [9.17, 15) is 9.18 Å². The lowest BCUT2D eigenvalue weighted by atomic mass is 10.1. The average molecular weight is 281 g/mol. The second-order valence-electron chi connectivity index (χ2n) is 5.02. The Balaban J connectivity index is 2.02. The Bertz CT molecular complexity index is 852. The van der Waals surface area contributed by atoms with Gasteiger partial charge in [-0.05, 0) is 36.4 Å². The molecule has 4 rings (SSSR count). The van der Waals surface area contributed by atoms with Crippen molar-refractivity contribution < 1.29 is 9.18 Å². The monoisotopic (exact) mass is 281 g/mol. The molecule has 2 heterocycles. The molecule has 0 aliphatic carbocycles. The SMILES string of the molecule is O=C1NCCn2c(-c3ccc(F)cc3)nc3cccc1c32. The molecule has 0 unspecified atom stereocenters. The number of para-hydroxylation sites is 1. The maximum Gasteiger partial charge on any atom is 0.253 e. The van der Waals surface area contributed by atoms with E-state index in [4.69, 9.17) is 0 Å². The summed E-state index contributed by atoms with van der Waals surface area (Å²) in [6, 6.07) is 11.8. The van der Waals surface area contributed by atoms with Gasteiger partial charge in [-0.25, -0.2) is 9.37 Å². The Labute approximate surface area is 120 Å². The minimum absolute atomic E-state index is 0.0788. The van der Waals surface area contributed by atoms with Crippen molar-refractivity contribution in [2.45, 2.75) is 6.54 Å². The van der Waals surface area contributed by atoms with Crippen molar-refractivity contribution in [2.24, 2.45) is 0 Å². The van der Waals surface area contributed by atoms with Gasteiger partial charge in [0.15, 0.2) is 0 Å². The molecule has 1 N–H and O–H groups in total. The van der Waals surface area contributed by atoms with Crippen LogP contribution in [0.25, 0.3) is 22.4 Å². The van der Waals surface area contributed by atoms with Crippen LogP contribution in [-0.4, -0.2) is 22.0 Å². The molecule has 0 saturated carbocycles. The Morgan fingerprint density at radius 2 is 1.95 bits per heavy atom. The lowest BCUT2D eigenvalue weighted by Crippen LogP contribution is -2.24. The summed E-state index contributed by atoms with van der Waals surface area (Å²) < 4.78 is 15.1. The smallest absolute Gasteiger partial charge is 0.253 e. The van der Waals surface area contributed by atoms with Crippen molar-refractivity contribution in [3.63, 3.8) is 0 Å². The highest BCUT2D eigenvalue weighted by molar-refractivity contribution is 6.06. The van der Waals surface area contributed by atoms with Crippen LogP contribution in [0, 0.1) is 5.82 Å². The summed E-state index contributed by atoms with van der Waals surface area (Å²) in [5.74, 6) is 0.405. The molecule has 1 aliphatic rings. The highest BCUT2D eigenvalue weighted by Gasteiger charge is 2.21. The van der Waals surface area contributed by atoms with E-state index in [2.05, 4.69) is 10.3 Å². The first-order valence-corrected chi connectivity index (χ1v) is 6.77. The first kappa shape index (κ1) is 12.1. The van der Waals surface area contributed by atoms with E-state index < -0.39 is 0 Å². The predicted octanol–water partition coefficient (Wildman–Crippen LogP) is 2.59. The van der Waals surface area contributed by atoms with Crippen molar-refractivity contribution in [1.29, 1.82) is 0 Å². The average Bonchev–Trinajstić information content (AvgIpc) is 2.77. The van der Waals surface area contributed by atoms with Gasteiger partial charge in [0.1, 0.15) is 11.6 Å². The summed E-state index contributed by atoms with van der Waals surface area (Å²) in [6.45, 7) is 1.19. The van der Waals surface area contributed by atoms with Crippen LogP contribution in [0.3, 0.4) is 0 Å². The topological polar surface area (TPSA) is 46.9 Å². The molecule has 1 amide bonds.